The van der Waals surface area contributed by atoms with Crippen LogP contribution in [-0.4, -0.2) is 16.3 Å². The van der Waals surface area contributed by atoms with Gasteiger partial charge < -0.3 is 5.32 Å². The Balaban J connectivity index is 1.73. The summed E-state index contributed by atoms with van der Waals surface area (Å²) in [6.45, 7) is 8.06. The van der Waals surface area contributed by atoms with E-state index in [0.717, 1.165) is 18.4 Å². The Morgan fingerprint density at radius 3 is 2.62 bits per heavy atom. The molecular weight excluding hydrogens is 326 g/mol. The number of fused-ring (bicyclic) bond motifs is 3. The first-order chi connectivity index (χ1) is 9.95. The molecule has 0 amide bonds. The van der Waals surface area contributed by atoms with Gasteiger partial charge in [-0.25, -0.2) is 4.68 Å². The fourth-order valence-electron chi connectivity index (χ4n) is 4.88. The highest BCUT2D eigenvalue weighted by Crippen LogP contribution is 2.55. The largest absolute Gasteiger partial charge is 0.369 e. The summed E-state index contributed by atoms with van der Waals surface area (Å²) < 4.78 is 3.53. The summed E-state index contributed by atoms with van der Waals surface area (Å²) >= 11 is 3.87. The van der Waals surface area contributed by atoms with Crippen LogP contribution in [0.3, 0.4) is 0 Å². The summed E-state index contributed by atoms with van der Waals surface area (Å²) in [5.41, 5.74) is 1.59. The molecule has 2 heterocycles. The lowest BCUT2D eigenvalue weighted by Gasteiger charge is -2.35. The number of nitrogens with one attached hydrogen (secondary N) is 1. The molecule has 2 aliphatic carbocycles. The van der Waals surface area contributed by atoms with Crippen LogP contribution in [-0.2, 0) is 0 Å². The van der Waals surface area contributed by atoms with E-state index in [4.69, 9.17) is 5.10 Å². The van der Waals surface area contributed by atoms with Crippen molar-refractivity contribution in [2.24, 2.45) is 17.3 Å². The van der Waals surface area contributed by atoms with E-state index < -0.39 is 0 Å². The van der Waals surface area contributed by atoms with Crippen LogP contribution in [0.5, 0.6) is 0 Å². The first-order valence-electron chi connectivity index (χ1n) is 8.47. The molecule has 4 heteroatoms. The monoisotopic (exact) mass is 351 g/mol. The Hall–Kier alpha value is -0.510. The molecule has 1 aromatic heterocycles. The maximum atomic E-state index is 5.11. The topological polar surface area (TPSA) is 29.9 Å². The van der Waals surface area contributed by atoms with Crippen LogP contribution >= 0.6 is 15.9 Å². The number of aromatic nitrogens is 2. The fraction of sp³-hybridized carbons (Fsp3) is 0.824. The molecule has 0 spiro atoms. The maximum absolute atomic E-state index is 5.11. The van der Waals surface area contributed by atoms with Gasteiger partial charge in [0.1, 0.15) is 5.82 Å². The van der Waals surface area contributed by atoms with Crippen molar-refractivity contribution in [3.05, 3.63) is 10.2 Å². The van der Waals surface area contributed by atoms with Crippen LogP contribution in [0.15, 0.2) is 4.47 Å². The third kappa shape index (κ3) is 2.16. The molecule has 3 nitrogen and oxygen atoms in total. The molecule has 1 aliphatic heterocycles. The number of nitrogens with zero attached hydrogens (tertiary/aromatic N) is 2. The van der Waals surface area contributed by atoms with Gasteiger partial charge in [-0.1, -0.05) is 27.2 Å². The zero-order valence-corrected chi connectivity index (χ0v) is 14.9. The average molecular weight is 352 g/mol. The second-order valence-corrected chi connectivity index (χ2v) is 9.16. The van der Waals surface area contributed by atoms with Crippen molar-refractivity contribution in [1.82, 2.24) is 9.78 Å². The summed E-state index contributed by atoms with van der Waals surface area (Å²) in [7, 11) is 0. The van der Waals surface area contributed by atoms with Crippen LogP contribution < -0.4 is 5.32 Å². The van der Waals surface area contributed by atoms with E-state index in [0.29, 0.717) is 12.0 Å². The normalized spacial score (nSPS) is 34.9. The zero-order chi connectivity index (χ0) is 14.8. The highest BCUT2D eigenvalue weighted by atomic mass is 79.9. The minimum atomic E-state index is 0.258. The van der Waals surface area contributed by atoms with Gasteiger partial charge in [0.15, 0.2) is 0 Å². The first-order valence-corrected chi connectivity index (χ1v) is 9.26. The van der Waals surface area contributed by atoms with E-state index in [-0.39, 0.29) is 5.41 Å². The fourth-order valence-corrected chi connectivity index (χ4v) is 5.58. The Labute approximate surface area is 136 Å². The van der Waals surface area contributed by atoms with E-state index in [2.05, 4.69) is 46.7 Å². The van der Waals surface area contributed by atoms with Gasteiger partial charge in [-0.2, -0.15) is 5.10 Å². The molecule has 2 bridgehead atoms. The highest BCUT2D eigenvalue weighted by Gasteiger charge is 2.43. The SMILES string of the molecule is CC(C)(C)C1CCNc2c(Br)c(C3CC4CCC3C4)nn21. The van der Waals surface area contributed by atoms with Crippen LogP contribution in [0.25, 0.3) is 0 Å². The average Bonchev–Trinajstić information content (AvgIpc) is 3.11. The molecule has 2 saturated carbocycles. The Morgan fingerprint density at radius 2 is 2.00 bits per heavy atom. The second-order valence-electron chi connectivity index (χ2n) is 8.37. The quantitative estimate of drug-likeness (QED) is 0.775. The van der Waals surface area contributed by atoms with Gasteiger partial charge >= 0.3 is 0 Å². The summed E-state index contributed by atoms with van der Waals surface area (Å²) in [5, 5.41) is 8.68. The molecule has 4 unspecified atom stereocenters. The lowest BCUT2D eigenvalue weighted by Crippen LogP contribution is -2.32. The van der Waals surface area contributed by atoms with Crippen molar-refractivity contribution in [3.63, 3.8) is 0 Å². The smallest absolute Gasteiger partial charge is 0.139 e. The summed E-state index contributed by atoms with van der Waals surface area (Å²) in [5.74, 6) is 3.77. The third-order valence-electron chi connectivity index (χ3n) is 5.97. The Kier molecular flexibility index (Phi) is 3.18. The Bertz CT molecular complexity index is 557. The molecule has 1 N–H and O–H groups in total. The van der Waals surface area contributed by atoms with Crippen molar-refractivity contribution in [1.29, 1.82) is 0 Å². The van der Waals surface area contributed by atoms with E-state index in [9.17, 15) is 0 Å². The van der Waals surface area contributed by atoms with Gasteiger partial charge in [-0.15, -0.1) is 0 Å². The number of halogens is 1. The molecule has 21 heavy (non-hydrogen) atoms. The highest BCUT2D eigenvalue weighted by molar-refractivity contribution is 9.10. The molecule has 2 fully saturated rings. The number of hydrogen-bond donors (Lipinski definition) is 1. The number of anilines is 1. The van der Waals surface area contributed by atoms with E-state index in [1.54, 1.807) is 0 Å². The van der Waals surface area contributed by atoms with Crippen LogP contribution in [0.2, 0.25) is 0 Å². The first kappa shape index (κ1) is 14.1. The van der Waals surface area contributed by atoms with Gasteiger partial charge in [0.05, 0.1) is 16.2 Å². The molecule has 4 atom stereocenters. The lowest BCUT2D eigenvalue weighted by atomic mass is 9.84. The van der Waals surface area contributed by atoms with Crippen molar-refractivity contribution in [2.75, 3.05) is 11.9 Å². The van der Waals surface area contributed by atoms with Crippen LogP contribution in [0.4, 0.5) is 5.82 Å². The standard InChI is InChI=1S/C17H26BrN3/c1-17(2,3)13-6-7-19-16-14(18)15(20-21(13)16)12-9-10-4-5-11(12)8-10/h10-13,19H,4-9H2,1-3H3. The molecule has 0 aromatic carbocycles. The molecule has 4 rings (SSSR count). The number of rotatable bonds is 1. The molecule has 0 saturated heterocycles. The third-order valence-corrected chi connectivity index (χ3v) is 6.75. The van der Waals surface area contributed by atoms with E-state index in [1.807, 2.05) is 0 Å². The van der Waals surface area contributed by atoms with E-state index >= 15 is 0 Å². The van der Waals surface area contributed by atoms with Crippen LogP contribution in [0, 0.1) is 17.3 Å². The van der Waals surface area contributed by atoms with Gasteiger partial charge in [-0.05, 0) is 58.9 Å². The van der Waals surface area contributed by atoms with Crippen molar-refractivity contribution in [2.45, 2.75) is 64.8 Å². The van der Waals surface area contributed by atoms with Crippen LogP contribution in [0.1, 0.15) is 70.5 Å². The van der Waals surface area contributed by atoms with Gasteiger partial charge in [-0.3, -0.25) is 0 Å². The van der Waals surface area contributed by atoms with Gasteiger partial charge in [0.2, 0.25) is 0 Å². The Morgan fingerprint density at radius 1 is 1.19 bits per heavy atom. The van der Waals surface area contributed by atoms with Gasteiger partial charge in [0.25, 0.3) is 0 Å². The molecule has 0 radical (unpaired) electrons. The zero-order valence-electron chi connectivity index (χ0n) is 13.3. The van der Waals surface area contributed by atoms with E-state index in [1.165, 1.54) is 48.1 Å². The maximum Gasteiger partial charge on any atom is 0.139 e. The minimum absolute atomic E-state index is 0.258. The van der Waals surface area contributed by atoms with Crippen molar-refractivity contribution >= 4 is 21.7 Å². The molecule has 1 aromatic rings. The second kappa shape index (κ2) is 4.74. The number of hydrogen-bond acceptors (Lipinski definition) is 2. The molecule has 116 valence electrons. The predicted molar refractivity (Wildman–Crippen MR) is 89.7 cm³/mol. The summed E-state index contributed by atoms with van der Waals surface area (Å²) in [6, 6.07) is 0.498. The summed E-state index contributed by atoms with van der Waals surface area (Å²) in [4.78, 5) is 0. The van der Waals surface area contributed by atoms with Crippen molar-refractivity contribution in [3.8, 4) is 0 Å². The van der Waals surface area contributed by atoms with Gasteiger partial charge in [0, 0.05) is 12.5 Å². The van der Waals surface area contributed by atoms with Crippen molar-refractivity contribution < 1.29 is 0 Å². The molecular formula is C17H26BrN3. The summed E-state index contributed by atoms with van der Waals surface area (Å²) in [6.07, 6.45) is 6.84. The minimum Gasteiger partial charge on any atom is -0.369 e. The molecule has 3 aliphatic rings. The lowest BCUT2D eigenvalue weighted by molar-refractivity contribution is 0.208. The predicted octanol–water partition coefficient (Wildman–Crippen LogP) is 4.95.